The Morgan fingerprint density at radius 3 is 2.57 bits per heavy atom. The van der Waals surface area contributed by atoms with Crippen LogP contribution in [0, 0.1) is 5.92 Å². The number of halogens is 3. The number of thioether (sulfide) groups is 1. The number of phenolic OH excluding ortho intramolecular Hbond substituents is 1. The number of rotatable bonds is 5. The van der Waals surface area contributed by atoms with Crippen LogP contribution in [0.2, 0.25) is 0 Å². The molecule has 2 fully saturated rings. The lowest BCUT2D eigenvalue weighted by Gasteiger charge is -2.35. The zero-order valence-corrected chi connectivity index (χ0v) is 13.6. The number of phenols is 1. The minimum atomic E-state index is -4.31. The Morgan fingerprint density at radius 2 is 1.96 bits per heavy atom. The van der Waals surface area contributed by atoms with E-state index >= 15 is 0 Å². The van der Waals surface area contributed by atoms with Gasteiger partial charge in [-0.15, -0.1) is 0 Å². The summed E-state index contributed by atoms with van der Waals surface area (Å²) >= 11 is -0.120. The maximum Gasteiger partial charge on any atom is 0.446 e. The molecular formula is C16H21F3N2OS. The number of aromatic hydroxyl groups is 1. The summed E-state index contributed by atoms with van der Waals surface area (Å²) < 4.78 is 37.9. The third-order valence-corrected chi connectivity index (χ3v) is 5.16. The van der Waals surface area contributed by atoms with E-state index < -0.39 is 5.51 Å². The molecule has 0 aromatic heterocycles. The van der Waals surface area contributed by atoms with Crippen LogP contribution in [0.3, 0.4) is 0 Å². The first-order chi connectivity index (χ1) is 10.9. The van der Waals surface area contributed by atoms with E-state index in [9.17, 15) is 18.3 Å². The quantitative estimate of drug-likeness (QED) is 0.796. The second kappa shape index (κ2) is 6.91. The van der Waals surface area contributed by atoms with Crippen molar-refractivity contribution in [3.8, 4) is 5.75 Å². The molecule has 23 heavy (non-hydrogen) atoms. The summed E-state index contributed by atoms with van der Waals surface area (Å²) in [6.45, 7) is 3.46. The van der Waals surface area contributed by atoms with E-state index in [1.54, 1.807) is 0 Å². The number of nitrogens with one attached hydrogen (secondary N) is 1. The van der Waals surface area contributed by atoms with Gasteiger partial charge in [0.15, 0.2) is 0 Å². The molecule has 1 aliphatic heterocycles. The Morgan fingerprint density at radius 1 is 1.26 bits per heavy atom. The number of hydrogen-bond donors (Lipinski definition) is 2. The zero-order chi connectivity index (χ0) is 16.4. The van der Waals surface area contributed by atoms with Gasteiger partial charge in [0.1, 0.15) is 5.75 Å². The summed E-state index contributed by atoms with van der Waals surface area (Å²) in [4.78, 5) is 2.42. The van der Waals surface area contributed by atoms with Gasteiger partial charge in [0.25, 0.3) is 0 Å². The molecule has 1 aromatic rings. The molecule has 128 valence electrons. The first-order valence-corrected chi connectivity index (χ1v) is 8.77. The summed E-state index contributed by atoms with van der Waals surface area (Å²) in [6.07, 6.45) is 3.27. The highest BCUT2D eigenvalue weighted by Gasteiger charge is 2.33. The lowest BCUT2D eigenvalue weighted by Crippen LogP contribution is -2.45. The van der Waals surface area contributed by atoms with Crippen molar-refractivity contribution in [2.45, 2.75) is 35.7 Å². The molecule has 3 nitrogen and oxygen atoms in total. The van der Waals surface area contributed by atoms with Gasteiger partial charge in [0.05, 0.1) is 0 Å². The van der Waals surface area contributed by atoms with Gasteiger partial charge in [-0.1, -0.05) is 12.8 Å². The van der Waals surface area contributed by atoms with Crippen molar-refractivity contribution in [2.75, 3.05) is 26.2 Å². The van der Waals surface area contributed by atoms with Gasteiger partial charge in [0.2, 0.25) is 0 Å². The van der Waals surface area contributed by atoms with Crippen LogP contribution >= 0.6 is 11.8 Å². The molecule has 0 spiro atoms. The van der Waals surface area contributed by atoms with E-state index in [1.165, 1.54) is 31.0 Å². The zero-order valence-electron chi connectivity index (χ0n) is 12.8. The highest BCUT2D eigenvalue weighted by Crippen LogP contribution is 2.44. The van der Waals surface area contributed by atoms with E-state index in [0.29, 0.717) is 11.5 Å². The highest BCUT2D eigenvalue weighted by molar-refractivity contribution is 8.00. The third-order valence-electron chi connectivity index (χ3n) is 4.44. The Hall–Kier alpha value is -0.920. The van der Waals surface area contributed by atoms with Crippen molar-refractivity contribution in [3.63, 3.8) is 0 Å². The van der Waals surface area contributed by atoms with Gasteiger partial charge >= 0.3 is 5.51 Å². The Labute approximate surface area is 138 Å². The molecule has 0 bridgehead atoms. The molecule has 2 aliphatic rings. The molecule has 0 unspecified atom stereocenters. The van der Waals surface area contributed by atoms with Gasteiger partial charge in [-0.25, -0.2) is 0 Å². The summed E-state index contributed by atoms with van der Waals surface area (Å²) in [5.41, 5.74) is -3.68. The number of piperazine rings is 1. The van der Waals surface area contributed by atoms with Crippen LogP contribution in [0.1, 0.15) is 30.9 Å². The summed E-state index contributed by atoms with van der Waals surface area (Å²) in [5, 5.41) is 13.5. The van der Waals surface area contributed by atoms with Crippen molar-refractivity contribution in [3.05, 3.63) is 23.8 Å². The van der Waals surface area contributed by atoms with Crippen molar-refractivity contribution < 1.29 is 18.3 Å². The largest absolute Gasteiger partial charge is 0.508 e. The molecule has 1 atom stereocenters. The number of alkyl halides is 3. The molecule has 0 amide bonds. The van der Waals surface area contributed by atoms with Crippen LogP contribution in [-0.2, 0) is 0 Å². The van der Waals surface area contributed by atoms with Crippen LogP contribution in [0.15, 0.2) is 23.1 Å². The molecular weight excluding hydrogens is 325 g/mol. The second-order valence-electron chi connectivity index (χ2n) is 6.25. The van der Waals surface area contributed by atoms with E-state index in [0.717, 1.165) is 32.6 Å². The molecule has 1 saturated carbocycles. The summed E-state index contributed by atoms with van der Waals surface area (Å²) in [5.74, 6) is 0.730. The lowest BCUT2D eigenvalue weighted by molar-refractivity contribution is -0.0328. The van der Waals surface area contributed by atoms with Gasteiger partial charge in [0, 0.05) is 42.7 Å². The van der Waals surface area contributed by atoms with Crippen LogP contribution < -0.4 is 5.32 Å². The van der Waals surface area contributed by atoms with Crippen LogP contribution in [-0.4, -0.2) is 41.7 Å². The number of hydrogen-bond acceptors (Lipinski definition) is 4. The van der Waals surface area contributed by atoms with Crippen LogP contribution in [0.25, 0.3) is 0 Å². The minimum Gasteiger partial charge on any atom is -0.508 e. The highest BCUT2D eigenvalue weighted by atomic mass is 32.2. The molecule has 2 N–H and O–H groups in total. The molecule has 1 aromatic carbocycles. The topological polar surface area (TPSA) is 35.5 Å². The lowest BCUT2D eigenvalue weighted by atomic mass is 9.97. The molecule has 1 heterocycles. The normalized spacial score (nSPS) is 21.3. The average Bonchev–Trinajstić information content (AvgIpc) is 3.31. The minimum absolute atomic E-state index is 0.00150. The average molecular weight is 346 g/mol. The van der Waals surface area contributed by atoms with E-state index in [4.69, 9.17) is 0 Å². The van der Waals surface area contributed by atoms with E-state index in [-0.39, 0.29) is 28.4 Å². The molecule has 7 heteroatoms. The number of benzene rings is 1. The molecule has 1 aliphatic carbocycles. The smallest absolute Gasteiger partial charge is 0.446 e. The predicted octanol–water partition coefficient (Wildman–Crippen LogP) is 3.75. The van der Waals surface area contributed by atoms with Gasteiger partial charge in [-0.2, -0.15) is 13.2 Å². The monoisotopic (exact) mass is 346 g/mol. The Balaban J connectivity index is 1.85. The summed E-state index contributed by atoms with van der Waals surface area (Å²) in [6, 6.07) is 4.25. The fraction of sp³-hybridized carbons (Fsp3) is 0.625. The SMILES string of the molecule is Oc1ccc(SC(F)(F)F)cc1[C@H](CC1CC1)N1CCNCC1. The number of nitrogens with zero attached hydrogens (tertiary/aromatic N) is 1. The molecule has 0 radical (unpaired) electrons. The third kappa shape index (κ3) is 4.78. The maximum absolute atomic E-state index is 12.6. The van der Waals surface area contributed by atoms with Crippen molar-refractivity contribution in [1.82, 2.24) is 10.2 Å². The van der Waals surface area contributed by atoms with Crippen molar-refractivity contribution in [2.24, 2.45) is 5.92 Å². The predicted molar refractivity (Wildman–Crippen MR) is 84.5 cm³/mol. The van der Waals surface area contributed by atoms with E-state index in [2.05, 4.69) is 10.2 Å². The Bertz CT molecular complexity index is 543. The van der Waals surface area contributed by atoms with E-state index in [1.807, 2.05) is 0 Å². The van der Waals surface area contributed by atoms with Crippen molar-refractivity contribution in [1.29, 1.82) is 0 Å². The first-order valence-electron chi connectivity index (χ1n) is 7.96. The van der Waals surface area contributed by atoms with Gasteiger partial charge in [-0.3, -0.25) is 4.90 Å². The van der Waals surface area contributed by atoms with Gasteiger partial charge < -0.3 is 10.4 Å². The summed E-state index contributed by atoms with van der Waals surface area (Å²) in [7, 11) is 0. The first kappa shape index (κ1) is 16.9. The Kier molecular flexibility index (Phi) is 5.08. The second-order valence-corrected chi connectivity index (χ2v) is 7.39. The molecule has 1 saturated heterocycles. The fourth-order valence-corrected chi connectivity index (χ4v) is 3.72. The maximum atomic E-state index is 12.6. The van der Waals surface area contributed by atoms with Gasteiger partial charge in [-0.05, 0) is 42.3 Å². The standard InChI is InChI=1S/C16H21F3N2OS/c17-16(18,19)23-12-3-4-15(22)13(10-12)14(9-11-1-2-11)21-7-5-20-6-8-21/h3-4,10-11,14,20,22H,1-2,5-9H2/t14-/m0/s1. The van der Waals surface area contributed by atoms with Crippen LogP contribution in [0.4, 0.5) is 13.2 Å². The van der Waals surface area contributed by atoms with Crippen molar-refractivity contribution >= 4 is 11.8 Å². The van der Waals surface area contributed by atoms with Crippen LogP contribution in [0.5, 0.6) is 5.75 Å². The fourth-order valence-electron chi connectivity index (χ4n) is 3.13. The molecule has 3 rings (SSSR count).